The van der Waals surface area contributed by atoms with Gasteiger partial charge in [-0.2, -0.15) is 0 Å². The Bertz CT molecular complexity index is 2710. The van der Waals surface area contributed by atoms with Gasteiger partial charge in [-0.3, -0.25) is 0 Å². The summed E-state index contributed by atoms with van der Waals surface area (Å²) in [5.74, 6) is 0. The van der Waals surface area contributed by atoms with E-state index in [4.69, 9.17) is 0 Å². The van der Waals surface area contributed by atoms with Crippen molar-refractivity contribution in [3.05, 3.63) is 158 Å². The first kappa shape index (κ1) is 25.0. The van der Waals surface area contributed by atoms with E-state index in [1.807, 2.05) is 0 Å². The molecule has 3 aromatic heterocycles. The minimum atomic E-state index is 0.248. The number of rotatable bonds is 3. The molecule has 45 heavy (non-hydrogen) atoms. The molecule has 3 heterocycles. The molecule has 3 heteroatoms. The Hall–Kier alpha value is -5.34. The van der Waals surface area contributed by atoms with E-state index in [0.717, 1.165) is 0 Å². The van der Waals surface area contributed by atoms with Gasteiger partial charge in [0.25, 0.3) is 0 Å². The Morgan fingerprint density at radius 1 is 0.356 bits per heavy atom. The first-order valence-corrected chi connectivity index (χ1v) is 17.1. The van der Waals surface area contributed by atoms with E-state index in [1.54, 1.807) is 0 Å². The molecule has 0 atom stereocenters. The predicted octanol–water partition coefficient (Wildman–Crippen LogP) is 10.9. The summed E-state index contributed by atoms with van der Waals surface area (Å²) in [7, 11) is 0. The number of hydrogen-bond donors (Lipinski definition) is 0. The third-order valence-electron chi connectivity index (χ3n) is 9.30. The molecule has 7 aromatic carbocycles. The Morgan fingerprint density at radius 2 is 0.911 bits per heavy atom. The van der Waals surface area contributed by atoms with Crippen molar-refractivity contribution in [3.8, 4) is 22.5 Å². The van der Waals surface area contributed by atoms with Crippen LogP contribution in [-0.2, 0) is 0 Å². The summed E-state index contributed by atoms with van der Waals surface area (Å²) < 4.78 is 7.86. The number of benzene rings is 7. The summed E-state index contributed by atoms with van der Waals surface area (Å²) >= 11 is 0.248. The van der Waals surface area contributed by atoms with Crippen molar-refractivity contribution in [2.75, 3.05) is 0 Å². The van der Waals surface area contributed by atoms with Crippen LogP contribution in [-0.4, -0.2) is 23.6 Å². The molecule has 10 aromatic rings. The van der Waals surface area contributed by atoms with Gasteiger partial charge in [-0.15, -0.1) is 0 Å². The van der Waals surface area contributed by atoms with Crippen molar-refractivity contribution in [2.45, 2.75) is 0 Å². The SMILES string of the molecule is c1ccc(-c2cc(-n3c4ccccc4c4ccc(-n5c6ccccc6c6ccccc65)cc43)c3c(c2)[se]c2ccccc23)cc1. The maximum absolute atomic E-state index is 2.53. The molecule has 2 nitrogen and oxygen atoms in total. The molecule has 210 valence electrons. The van der Waals surface area contributed by atoms with Crippen molar-refractivity contribution >= 4 is 77.4 Å². The Labute approximate surface area is 265 Å². The van der Waals surface area contributed by atoms with Gasteiger partial charge in [0.05, 0.1) is 0 Å². The van der Waals surface area contributed by atoms with Gasteiger partial charge in [0.1, 0.15) is 0 Å². The molecule has 0 bridgehead atoms. The van der Waals surface area contributed by atoms with Crippen molar-refractivity contribution in [2.24, 2.45) is 0 Å². The number of nitrogens with zero attached hydrogens (tertiary/aromatic N) is 2. The van der Waals surface area contributed by atoms with Crippen LogP contribution < -0.4 is 0 Å². The van der Waals surface area contributed by atoms with Gasteiger partial charge in [-0.1, -0.05) is 0 Å². The van der Waals surface area contributed by atoms with Gasteiger partial charge in [0, 0.05) is 0 Å². The standard InChI is InChI=1S/C42H26N2Se/c1-2-12-27(13-3-1)28-24-39(42-34-17-7-11-21-40(34)45-41(42)25-28)44-37-20-10-6-16-32(37)33-23-22-29(26-38(33)44)43-35-18-8-4-14-30(35)31-15-5-9-19-36(31)43/h1-26H. The quantitative estimate of drug-likeness (QED) is 0.171. The van der Waals surface area contributed by atoms with Crippen LogP contribution in [0.5, 0.6) is 0 Å². The van der Waals surface area contributed by atoms with E-state index in [2.05, 4.69) is 167 Å². The maximum atomic E-state index is 2.53. The molecular formula is C42H26N2Se. The zero-order valence-electron chi connectivity index (χ0n) is 24.3. The van der Waals surface area contributed by atoms with Crippen LogP contribution in [0.3, 0.4) is 0 Å². The Morgan fingerprint density at radius 3 is 1.60 bits per heavy atom. The molecular weight excluding hydrogens is 611 g/mol. The summed E-state index contributed by atoms with van der Waals surface area (Å²) in [5.41, 5.74) is 9.85. The zero-order chi connectivity index (χ0) is 29.5. The molecule has 0 spiro atoms. The van der Waals surface area contributed by atoms with Gasteiger partial charge in [0.15, 0.2) is 0 Å². The van der Waals surface area contributed by atoms with Crippen molar-refractivity contribution < 1.29 is 0 Å². The van der Waals surface area contributed by atoms with E-state index >= 15 is 0 Å². The summed E-state index contributed by atoms with van der Waals surface area (Å²) in [6.07, 6.45) is 0. The first-order valence-electron chi connectivity index (χ1n) is 15.4. The molecule has 0 fully saturated rings. The summed E-state index contributed by atoms with van der Waals surface area (Å²) in [6.45, 7) is 0. The first-order chi connectivity index (χ1) is 22.3. The molecule has 0 saturated carbocycles. The Kier molecular flexibility index (Phi) is 5.33. The molecule has 0 aliphatic heterocycles. The molecule has 0 N–H and O–H groups in total. The Balaban J connectivity index is 1.36. The van der Waals surface area contributed by atoms with Crippen molar-refractivity contribution in [3.63, 3.8) is 0 Å². The molecule has 0 aliphatic carbocycles. The fraction of sp³-hybridized carbons (Fsp3) is 0. The van der Waals surface area contributed by atoms with Gasteiger partial charge in [0.2, 0.25) is 0 Å². The topological polar surface area (TPSA) is 9.86 Å². The van der Waals surface area contributed by atoms with Crippen molar-refractivity contribution in [1.82, 2.24) is 9.13 Å². The molecule has 0 radical (unpaired) electrons. The monoisotopic (exact) mass is 638 g/mol. The van der Waals surface area contributed by atoms with Crippen LogP contribution in [0.15, 0.2) is 158 Å². The molecule has 0 aliphatic rings. The summed E-state index contributed by atoms with van der Waals surface area (Å²) in [4.78, 5) is 0. The summed E-state index contributed by atoms with van der Waals surface area (Å²) in [5, 5.41) is 7.84. The second kappa shape index (κ2) is 9.58. The minimum absolute atomic E-state index is 0.248. The average Bonchev–Trinajstić information content (AvgIpc) is 3.76. The number of para-hydroxylation sites is 3. The van der Waals surface area contributed by atoms with E-state index < -0.39 is 0 Å². The van der Waals surface area contributed by atoms with Gasteiger partial charge in [-0.05, 0) is 0 Å². The number of hydrogen-bond acceptors (Lipinski definition) is 0. The van der Waals surface area contributed by atoms with Crippen LogP contribution in [0.4, 0.5) is 0 Å². The van der Waals surface area contributed by atoms with E-state index in [1.165, 1.54) is 85.4 Å². The predicted molar refractivity (Wildman–Crippen MR) is 193 cm³/mol. The van der Waals surface area contributed by atoms with Gasteiger partial charge >= 0.3 is 267 Å². The van der Waals surface area contributed by atoms with Crippen molar-refractivity contribution in [1.29, 1.82) is 0 Å². The second-order valence-corrected chi connectivity index (χ2v) is 14.0. The molecule has 0 saturated heterocycles. The van der Waals surface area contributed by atoms with Crippen LogP contribution in [0.1, 0.15) is 0 Å². The van der Waals surface area contributed by atoms with Crippen LogP contribution in [0.2, 0.25) is 0 Å². The van der Waals surface area contributed by atoms with Crippen LogP contribution >= 0.6 is 0 Å². The molecule has 10 rings (SSSR count). The third kappa shape index (κ3) is 3.63. The van der Waals surface area contributed by atoms with E-state index in [9.17, 15) is 0 Å². The fourth-order valence-corrected chi connectivity index (χ4v) is 9.81. The van der Waals surface area contributed by atoms with E-state index in [-0.39, 0.29) is 14.5 Å². The zero-order valence-corrected chi connectivity index (χ0v) is 26.0. The van der Waals surface area contributed by atoms with Gasteiger partial charge < -0.3 is 0 Å². The second-order valence-electron chi connectivity index (χ2n) is 11.8. The number of aromatic nitrogens is 2. The fourth-order valence-electron chi connectivity index (χ4n) is 7.36. The number of fused-ring (bicyclic) bond motifs is 9. The molecule has 0 unspecified atom stereocenters. The van der Waals surface area contributed by atoms with Gasteiger partial charge in [-0.25, -0.2) is 0 Å². The molecule has 0 amide bonds. The van der Waals surface area contributed by atoms with Crippen LogP contribution in [0.25, 0.3) is 85.4 Å². The summed E-state index contributed by atoms with van der Waals surface area (Å²) in [6, 6.07) is 58.1. The van der Waals surface area contributed by atoms with Crippen LogP contribution in [0, 0.1) is 0 Å². The average molecular weight is 638 g/mol. The third-order valence-corrected chi connectivity index (χ3v) is 11.6. The normalized spacial score (nSPS) is 12.0. The van der Waals surface area contributed by atoms with E-state index in [0.29, 0.717) is 0 Å².